The number of pyridine rings is 1. The highest BCUT2D eigenvalue weighted by molar-refractivity contribution is 7.98. The number of rotatable bonds is 10. The van der Waals surface area contributed by atoms with Crippen molar-refractivity contribution in [2.45, 2.75) is 6.92 Å². The molecule has 0 bridgehead atoms. The second-order valence-electron chi connectivity index (χ2n) is 10.1. The number of aromatic nitrogens is 4. The molecule has 6 rings (SSSR count). The van der Waals surface area contributed by atoms with E-state index < -0.39 is 0 Å². The Hall–Kier alpha value is -4.04. The highest BCUT2D eigenvalue weighted by Gasteiger charge is 2.23. The van der Waals surface area contributed by atoms with Crippen LogP contribution in [0.2, 0.25) is 0 Å². The third-order valence-corrected chi connectivity index (χ3v) is 8.21. The van der Waals surface area contributed by atoms with E-state index in [2.05, 4.69) is 47.7 Å². The number of ketones is 1. The molecule has 0 aliphatic carbocycles. The number of morpholine rings is 2. The number of hydrogen-bond acceptors (Lipinski definition) is 11. The van der Waals surface area contributed by atoms with E-state index in [9.17, 15) is 4.79 Å². The number of ether oxygens (including phenoxy) is 3. The number of nitrogens with zero attached hydrogens (tertiary/aromatic N) is 5. The summed E-state index contributed by atoms with van der Waals surface area (Å²) in [7, 11) is 0. The average Bonchev–Trinajstić information content (AvgIpc) is 3.62. The largest absolute Gasteiger partial charge is 0.473 e. The number of aryl methyl sites for hydroxylation is 1. The third kappa shape index (κ3) is 5.81. The first kappa shape index (κ1) is 28.1. The Labute approximate surface area is 248 Å². The molecule has 0 spiro atoms. The van der Waals surface area contributed by atoms with Gasteiger partial charge in [0.1, 0.15) is 12.4 Å². The van der Waals surface area contributed by atoms with Crippen LogP contribution in [-0.4, -0.2) is 89.1 Å². The van der Waals surface area contributed by atoms with Crippen LogP contribution in [0.1, 0.15) is 21.6 Å². The summed E-state index contributed by atoms with van der Waals surface area (Å²) in [5.74, 6) is 0.475. The van der Waals surface area contributed by atoms with Crippen molar-refractivity contribution in [3.8, 4) is 11.6 Å². The molecule has 1 aromatic carbocycles. The van der Waals surface area contributed by atoms with E-state index in [-0.39, 0.29) is 11.6 Å². The predicted octanol–water partition coefficient (Wildman–Crippen LogP) is 3.58. The number of nitrogen functional groups attached to an aromatic ring is 1. The lowest BCUT2D eigenvalue weighted by molar-refractivity contribution is 0.0775. The number of anilines is 3. The van der Waals surface area contributed by atoms with Crippen LogP contribution in [0, 0.1) is 6.92 Å². The van der Waals surface area contributed by atoms with Crippen molar-refractivity contribution in [2.75, 3.05) is 74.6 Å². The minimum absolute atomic E-state index is 0.238. The summed E-state index contributed by atoms with van der Waals surface area (Å²) in [5, 5.41) is 5.35. The molecule has 2 fully saturated rings. The van der Waals surface area contributed by atoms with E-state index in [4.69, 9.17) is 19.9 Å². The van der Waals surface area contributed by atoms with Crippen LogP contribution in [0.25, 0.3) is 16.6 Å². The third-order valence-electron chi connectivity index (χ3n) is 7.27. The summed E-state index contributed by atoms with van der Waals surface area (Å²) in [5.41, 5.74) is 11.6. The zero-order valence-corrected chi connectivity index (χ0v) is 24.3. The van der Waals surface area contributed by atoms with Crippen molar-refractivity contribution in [1.29, 1.82) is 0 Å². The van der Waals surface area contributed by atoms with Crippen LogP contribution in [0.15, 0.2) is 49.3 Å². The molecular weight excluding hydrogens is 556 g/mol. The Bertz CT molecular complexity index is 1590. The zero-order valence-electron chi connectivity index (χ0n) is 23.5. The molecule has 12 nitrogen and oxygen atoms in total. The minimum atomic E-state index is -0.239. The Balaban J connectivity index is 1.28. The summed E-state index contributed by atoms with van der Waals surface area (Å²) < 4.78 is 23.9. The van der Waals surface area contributed by atoms with E-state index in [1.807, 2.05) is 13.0 Å². The van der Waals surface area contributed by atoms with Crippen molar-refractivity contribution in [3.05, 3.63) is 66.1 Å². The number of carbonyl (C=O) groups excluding carboxylic acids is 1. The Kier molecular flexibility index (Phi) is 8.33. The van der Waals surface area contributed by atoms with E-state index >= 15 is 0 Å². The van der Waals surface area contributed by atoms with Crippen LogP contribution >= 0.6 is 12.1 Å². The molecule has 0 amide bonds. The fourth-order valence-electron chi connectivity index (χ4n) is 5.03. The molecule has 42 heavy (non-hydrogen) atoms. The maximum Gasteiger partial charge on any atom is 0.214 e. The molecule has 0 unspecified atom stereocenters. The van der Waals surface area contributed by atoms with Crippen LogP contribution in [0.3, 0.4) is 0 Å². The second kappa shape index (κ2) is 12.4. The molecule has 5 heterocycles. The van der Waals surface area contributed by atoms with Gasteiger partial charge in [0, 0.05) is 55.3 Å². The van der Waals surface area contributed by atoms with Crippen molar-refractivity contribution in [3.63, 3.8) is 0 Å². The van der Waals surface area contributed by atoms with E-state index in [0.29, 0.717) is 42.6 Å². The molecule has 0 radical (unpaired) electrons. The number of hydrogen-bond donors (Lipinski definition) is 3. The number of fused-ring (bicyclic) bond motifs is 1. The summed E-state index contributed by atoms with van der Waals surface area (Å²) in [6.45, 7) is 12.0. The molecule has 2 aliphatic heterocycles. The van der Waals surface area contributed by atoms with Gasteiger partial charge in [0.25, 0.3) is 0 Å². The monoisotopic (exact) mass is 590 g/mol. The summed E-state index contributed by atoms with van der Waals surface area (Å²) >= 11 is 1.58. The number of nitrogens with one attached hydrogen (secondary N) is 2. The van der Waals surface area contributed by atoms with Gasteiger partial charge in [-0.3, -0.25) is 4.79 Å². The molecule has 13 heteroatoms. The molecule has 2 saturated heterocycles. The van der Waals surface area contributed by atoms with E-state index in [1.165, 1.54) is 10.9 Å². The van der Waals surface area contributed by atoms with Gasteiger partial charge < -0.3 is 34.6 Å². The minimum Gasteiger partial charge on any atom is -0.473 e. The van der Waals surface area contributed by atoms with Crippen LogP contribution in [0.4, 0.5) is 17.2 Å². The maximum atomic E-state index is 13.7. The van der Waals surface area contributed by atoms with Gasteiger partial charge in [-0.2, -0.15) is 5.10 Å². The molecule has 2 aliphatic rings. The van der Waals surface area contributed by atoms with Crippen molar-refractivity contribution in [2.24, 2.45) is 0 Å². The lowest BCUT2D eigenvalue weighted by Gasteiger charge is -2.31. The number of H-pyrrole nitrogens is 1. The number of aromatic amines is 1. The van der Waals surface area contributed by atoms with Gasteiger partial charge in [0.2, 0.25) is 11.7 Å². The molecule has 4 N–H and O–H groups in total. The fraction of sp³-hybridized carbons (Fsp3) is 0.345. The molecule has 0 atom stereocenters. The van der Waals surface area contributed by atoms with Crippen LogP contribution in [-0.2, 0) is 9.47 Å². The number of carbonyl (C=O) groups is 1. The highest BCUT2D eigenvalue weighted by atomic mass is 32.2. The molecule has 3 aromatic heterocycles. The van der Waals surface area contributed by atoms with Gasteiger partial charge in [-0.25, -0.2) is 14.0 Å². The topological polar surface area (TPSA) is 136 Å². The maximum absolute atomic E-state index is 13.7. The first-order valence-electron chi connectivity index (χ1n) is 13.9. The molecular formula is C29H34N8O4S. The van der Waals surface area contributed by atoms with Gasteiger partial charge >= 0.3 is 0 Å². The predicted molar refractivity (Wildman–Crippen MR) is 165 cm³/mol. The number of benzene rings is 1. The fourth-order valence-corrected chi connectivity index (χ4v) is 5.75. The van der Waals surface area contributed by atoms with Crippen LogP contribution in [0.5, 0.6) is 5.88 Å². The average molecular weight is 591 g/mol. The van der Waals surface area contributed by atoms with Gasteiger partial charge in [0.15, 0.2) is 0 Å². The summed E-state index contributed by atoms with van der Waals surface area (Å²) in [6.07, 6.45) is 4.78. The van der Waals surface area contributed by atoms with Gasteiger partial charge in [0.05, 0.1) is 67.1 Å². The Morgan fingerprint density at radius 3 is 2.62 bits per heavy atom. The van der Waals surface area contributed by atoms with Gasteiger partial charge in [-0.1, -0.05) is 12.7 Å². The van der Waals surface area contributed by atoms with Gasteiger partial charge in [-0.15, -0.1) is 0 Å². The quantitative estimate of drug-likeness (QED) is 0.142. The van der Waals surface area contributed by atoms with Crippen molar-refractivity contribution in [1.82, 2.24) is 24.1 Å². The first-order chi connectivity index (χ1) is 20.5. The molecule has 0 saturated carbocycles. The van der Waals surface area contributed by atoms with Crippen LogP contribution < -0.4 is 20.1 Å². The lowest BCUT2D eigenvalue weighted by Crippen LogP contribution is -2.36. The number of nitrogens with two attached hydrogens (primary N) is 1. The highest BCUT2D eigenvalue weighted by Crippen LogP contribution is 2.35. The summed E-state index contributed by atoms with van der Waals surface area (Å²) in [4.78, 5) is 23.6. The van der Waals surface area contributed by atoms with E-state index in [1.54, 1.807) is 30.5 Å². The Morgan fingerprint density at radius 2 is 1.88 bits per heavy atom. The second-order valence-corrected chi connectivity index (χ2v) is 11.0. The molecule has 4 aromatic rings. The first-order valence-corrected chi connectivity index (χ1v) is 14.6. The standard InChI is InChI=1S/C29H34N8O4S/c1-3-8-41-27-13-19(2)26(18-31-27)37-29(30)21(17-32-37)28(38)24-14-20-15-25(35-4-9-39-10-5-35)23(16-22(20)33-24)34-42-36-6-11-40-12-7-36/h3,13-18,33-34H,1,4-12,30H2,2H3. The van der Waals surface area contributed by atoms with Gasteiger partial charge in [-0.05, 0) is 30.7 Å². The van der Waals surface area contributed by atoms with E-state index in [0.717, 1.165) is 67.2 Å². The normalized spacial score (nSPS) is 16.1. The Morgan fingerprint density at radius 1 is 1.12 bits per heavy atom. The summed E-state index contributed by atoms with van der Waals surface area (Å²) in [6, 6.07) is 7.85. The van der Waals surface area contributed by atoms with Crippen molar-refractivity contribution < 1.29 is 19.0 Å². The zero-order chi connectivity index (χ0) is 29.1. The SMILES string of the molecule is C=CCOc1cc(C)c(-n2ncc(C(=O)c3cc4cc(N5CCOCC5)c(NSN5CCOCC5)cc4[nH]3)c2N)cn1. The lowest BCUT2D eigenvalue weighted by atomic mass is 10.1. The smallest absolute Gasteiger partial charge is 0.214 e. The molecule has 220 valence electrons. The van der Waals surface area contributed by atoms with Crippen molar-refractivity contribution >= 4 is 46.0 Å².